The standard InChI is InChI=1S/C4H5N7O/c5-3-7-1(8-10-3)2-9-11-4(6)12-2/h(H2,6,11)(H3,5,7,8,10). The zero-order chi connectivity index (χ0) is 8.55. The Bertz CT molecular complexity index is 351. The third-order valence-corrected chi connectivity index (χ3v) is 1.15. The van der Waals surface area contributed by atoms with Crippen LogP contribution in [0.2, 0.25) is 0 Å². The number of nitrogens with one attached hydrogen (secondary N) is 1. The molecule has 0 unspecified atom stereocenters. The van der Waals surface area contributed by atoms with Gasteiger partial charge in [-0.3, -0.25) is 5.10 Å². The lowest BCUT2D eigenvalue weighted by molar-refractivity contribution is 0.585. The summed E-state index contributed by atoms with van der Waals surface area (Å²) in [5.41, 5.74) is 10.4. The van der Waals surface area contributed by atoms with Crippen molar-refractivity contribution in [2.45, 2.75) is 0 Å². The molecule has 0 aliphatic carbocycles. The van der Waals surface area contributed by atoms with Gasteiger partial charge in [0.1, 0.15) is 0 Å². The highest BCUT2D eigenvalue weighted by atomic mass is 16.4. The lowest BCUT2D eigenvalue weighted by Crippen LogP contribution is -1.85. The van der Waals surface area contributed by atoms with Gasteiger partial charge in [-0.2, -0.15) is 4.98 Å². The lowest BCUT2D eigenvalue weighted by atomic mass is 10.6. The molecule has 0 aliphatic rings. The molecule has 2 aromatic heterocycles. The number of rotatable bonds is 1. The first kappa shape index (κ1) is 6.58. The van der Waals surface area contributed by atoms with Crippen LogP contribution >= 0.6 is 0 Å². The first-order valence-corrected chi connectivity index (χ1v) is 3.03. The predicted octanol–water partition coefficient (Wildman–Crippen LogP) is -0.981. The monoisotopic (exact) mass is 167 g/mol. The summed E-state index contributed by atoms with van der Waals surface area (Å²) in [4.78, 5) is 3.75. The van der Waals surface area contributed by atoms with Gasteiger partial charge in [0.05, 0.1) is 0 Å². The molecular weight excluding hydrogens is 162 g/mol. The minimum atomic E-state index is -0.0278. The van der Waals surface area contributed by atoms with E-state index in [0.29, 0.717) is 5.82 Å². The van der Waals surface area contributed by atoms with Crippen LogP contribution in [0, 0.1) is 0 Å². The average molecular weight is 167 g/mol. The number of nitrogen functional groups attached to an aromatic ring is 2. The third kappa shape index (κ3) is 0.944. The number of hydrogen-bond donors (Lipinski definition) is 3. The van der Waals surface area contributed by atoms with Gasteiger partial charge in [0.15, 0.2) is 0 Å². The van der Waals surface area contributed by atoms with E-state index in [0.717, 1.165) is 0 Å². The fourth-order valence-electron chi connectivity index (χ4n) is 0.701. The summed E-state index contributed by atoms with van der Waals surface area (Å²) in [5.74, 6) is 0.579. The smallest absolute Gasteiger partial charge is 0.313 e. The fourth-order valence-corrected chi connectivity index (χ4v) is 0.701. The van der Waals surface area contributed by atoms with Gasteiger partial charge in [-0.25, -0.2) is 0 Å². The van der Waals surface area contributed by atoms with Crippen LogP contribution < -0.4 is 11.5 Å². The molecule has 0 fully saturated rings. The van der Waals surface area contributed by atoms with Crippen LogP contribution in [0.15, 0.2) is 4.42 Å². The van der Waals surface area contributed by atoms with E-state index in [2.05, 4.69) is 25.4 Å². The van der Waals surface area contributed by atoms with E-state index >= 15 is 0 Å². The molecule has 8 nitrogen and oxygen atoms in total. The molecule has 0 radical (unpaired) electrons. The number of aromatic nitrogens is 5. The van der Waals surface area contributed by atoms with Gasteiger partial charge in [-0.15, -0.1) is 10.2 Å². The Morgan fingerprint density at radius 3 is 2.58 bits per heavy atom. The minimum absolute atomic E-state index is 0.0278. The molecular formula is C4H5N7O. The molecule has 5 N–H and O–H groups in total. The highest BCUT2D eigenvalue weighted by Gasteiger charge is 2.09. The summed E-state index contributed by atoms with van der Waals surface area (Å²) in [6.45, 7) is 0. The van der Waals surface area contributed by atoms with E-state index in [1.54, 1.807) is 0 Å². The highest BCUT2D eigenvalue weighted by Crippen LogP contribution is 2.13. The Hall–Kier alpha value is -2.12. The van der Waals surface area contributed by atoms with Crippen LogP contribution in [-0.2, 0) is 0 Å². The zero-order valence-corrected chi connectivity index (χ0v) is 5.85. The molecule has 0 saturated heterocycles. The Morgan fingerprint density at radius 2 is 2.08 bits per heavy atom. The number of H-pyrrole nitrogens is 1. The normalized spacial score (nSPS) is 10.3. The third-order valence-electron chi connectivity index (χ3n) is 1.15. The molecule has 2 rings (SSSR count). The summed E-state index contributed by atoms with van der Waals surface area (Å²) in [6, 6.07) is -0.0278. The molecule has 2 heterocycles. The Labute approximate surface area is 66.0 Å². The van der Waals surface area contributed by atoms with Crippen molar-refractivity contribution in [3.05, 3.63) is 0 Å². The molecule has 0 amide bonds. The van der Waals surface area contributed by atoms with Gasteiger partial charge in [0.25, 0.3) is 5.89 Å². The maximum absolute atomic E-state index is 5.25. The number of hydrogen-bond acceptors (Lipinski definition) is 7. The van der Waals surface area contributed by atoms with Crippen LogP contribution in [0.5, 0.6) is 0 Å². The summed E-state index contributed by atoms with van der Waals surface area (Å²) in [6.07, 6.45) is 0. The van der Waals surface area contributed by atoms with Gasteiger partial charge in [0.2, 0.25) is 11.8 Å². The number of aromatic amines is 1. The number of nitrogens with zero attached hydrogens (tertiary/aromatic N) is 4. The van der Waals surface area contributed by atoms with Crippen LogP contribution in [-0.4, -0.2) is 25.4 Å². The van der Waals surface area contributed by atoms with Gasteiger partial charge < -0.3 is 15.9 Å². The second-order valence-electron chi connectivity index (χ2n) is 1.99. The van der Waals surface area contributed by atoms with Crippen molar-refractivity contribution in [1.82, 2.24) is 25.4 Å². The van der Waals surface area contributed by atoms with Gasteiger partial charge in [-0.05, 0) is 0 Å². The van der Waals surface area contributed by atoms with E-state index in [1.165, 1.54) is 0 Å². The van der Waals surface area contributed by atoms with Crippen molar-refractivity contribution in [2.75, 3.05) is 11.5 Å². The fraction of sp³-hybridized carbons (Fsp3) is 0. The summed E-state index contributed by atoms with van der Waals surface area (Å²) < 4.78 is 4.85. The molecule has 0 aromatic carbocycles. The molecule has 0 spiro atoms. The largest absolute Gasteiger partial charge is 0.400 e. The van der Waals surface area contributed by atoms with Crippen LogP contribution in [0.25, 0.3) is 11.7 Å². The van der Waals surface area contributed by atoms with E-state index in [4.69, 9.17) is 15.9 Å². The highest BCUT2D eigenvalue weighted by molar-refractivity contribution is 5.42. The van der Waals surface area contributed by atoms with Crippen molar-refractivity contribution in [3.63, 3.8) is 0 Å². The van der Waals surface area contributed by atoms with Crippen molar-refractivity contribution < 1.29 is 4.42 Å². The van der Waals surface area contributed by atoms with E-state index in [-0.39, 0.29) is 17.9 Å². The first-order valence-electron chi connectivity index (χ1n) is 3.03. The van der Waals surface area contributed by atoms with Gasteiger partial charge >= 0.3 is 6.01 Å². The Balaban J connectivity index is 2.43. The minimum Gasteiger partial charge on any atom is -0.400 e. The maximum atomic E-state index is 5.25. The Morgan fingerprint density at radius 1 is 1.25 bits per heavy atom. The molecule has 2 aromatic rings. The van der Waals surface area contributed by atoms with Crippen molar-refractivity contribution in [1.29, 1.82) is 0 Å². The average Bonchev–Trinajstić information content (AvgIpc) is 2.58. The van der Waals surface area contributed by atoms with Crippen LogP contribution in [0.4, 0.5) is 12.0 Å². The maximum Gasteiger partial charge on any atom is 0.313 e. The molecule has 12 heavy (non-hydrogen) atoms. The first-order chi connectivity index (χ1) is 5.75. The number of nitrogens with two attached hydrogens (primary N) is 2. The molecule has 0 saturated carbocycles. The van der Waals surface area contributed by atoms with Crippen LogP contribution in [0.3, 0.4) is 0 Å². The number of anilines is 2. The van der Waals surface area contributed by atoms with Gasteiger partial charge in [-0.1, -0.05) is 5.10 Å². The van der Waals surface area contributed by atoms with Gasteiger partial charge in [0, 0.05) is 0 Å². The molecule has 0 atom stereocenters. The van der Waals surface area contributed by atoms with Crippen molar-refractivity contribution in [2.24, 2.45) is 0 Å². The molecule has 62 valence electrons. The van der Waals surface area contributed by atoms with E-state index in [9.17, 15) is 0 Å². The van der Waals surface area contributed by atoms with E-state index < -0.39 is 0 Å². The molecule has 0 bridgehead atoms. The second kappa shape index (κ2) is 2.19. The van der Waals surface area contributed by atoms with E-state index in [1.807, 2.05) is 0 Å². The lowest BCUT2D eigenvalue weighted by Gasteiger charge is -1.81. The molecule has 0 aliphatic heterocycles. The van der Waals surface area contributed by atoms with Crippen LogP contribution in [0.1, 0.15) is 0 Å². The topological polar surface area (TPSA) is 133 Å². The van der Waals surface area contributed by atoms with Crippen molar-refractivity contribution >= 4 is 12.0 Å². The predicted molar refractivity (Wildman–Crippen MR) is 38.5 cm³/mol. The summed E-state index contributed by atoms with van der Waals surface area (Å²) in [7, 11) is 0. The second-order valence-corrected chi connectivity index (χ2v) is 1.99. The Kier molecular flexibility index (Phi) is 1.20. The summed E-state index contributed by atoms with van der Waals surface area (Å²) >= 11 is 0. The SMILES string of the molecule is Nc1n[nH]c(-c2nnc(N)o2)n1. The quantitative estimate of drug-likeness (QED) is 0.497. The van der Waals surface area contributed by atoms with Crippen molar-refractivity contribution in [3.8, 4) is 11.7 Å². The zero-order valence-electron chi connectivity index (χ0n) is 5.85. The molecule has 8 heteroatoms. The summed E-state index contributed by atoms with van der Waals surface area (Å²) in [5, 5.41) is 13.1.